The van der Waals surface area contributed by atoms with Crippen LogP contribution in [0, 0.1) is 13.8 Å². The van der Waals surface area contributed by atoms with Gasteiger partial charge < -0.3 is 14.5 Å². The van der Waals surface area contributed by atoms with Crippen LogP contribution in [-0.4, -0.2) is 13.0 Å². The first-order valence-corrected chi connectivity index (χ1v) is 8.03. The van der Waals surface area contributed by atoms with Crippen molar-refractivity contribution in [3.05, 3.63) is 74.6 Å². The Balaban J connectivity index is 1.99. The van der Waals surface area contributed by atoms with Crippen LogP contribution in [0.2, 0.25) is 0 Å². The van der Waals surface area contributed by atoms with Gasteiger partial charge in [-0.05, 0) is 48.7 Å². The SMILES string of the molecule is COc1cccc(C2NC(=O)c3oc4c(C)c(C)ccc4c(=O)c32)c1. The fourth-order valence-electron chi connectivity index (χ4n) is 3.28. The molecule has 1 aliphatic rings. The van der Waals surface area contributed by atoms with Crippen molar-refractivity contribution in [3.8, 4) is 5.75 Å². The van der Waals surface area contributed by atoms with Crippen molar-refractivity contribution in [2.45, 2.75) is 19.9 Å². The third-order valence-corrected chi connectivity index (χ3v) is 4.81. The number of benzene rings is 2. The number of carbonyl (C=O) groups excluding carboxylic acids is 1. The number of rotatable bonds is 2. The molecule has 0 aliphatic carbocycles. The van der Waals surface area contributed by atoms with E-state index in [0.29, 0.717) is 22.3 Å². The van der Waals surface area contributed by atoms with Crippen LogP contribution >= 0.6 is 0 Å². The highest BCUT2D eigenvalue weighted by Crippen LogP contribution is 2.33. The number of nitrogens with one attached hydrogen (secondary N) is 1. The first kappa shape index (κ1) is 15.4. The maximum atomic E-state index is 13.1. The lowest BCUT2D eigenvalue weighted by Gasteiger charge is -2.13. The van der Waals surface area contributed by atoms with E-state index in [4.69, 9.17) is 9.15 Å². The summed E-state index contributed by atoms with van der Waals surface area (Å²) in [6.07, 6.45) is 0. The van der Waals surface area contributed by atoms with E-state index in [1.807, 2.05) is 44.2 Å². The summed E-state index contributed by atoms with van der Waals surface area (Å²) in [5, 5.41) is 3.34. The largest absolute Gasteiger partial charge is 0.497 e. The lowest BCUT2D eigenvalue weighted by molar-refractivity contribution is 0.0938. The van der Waals surface area contributed by atoms with Crippen molar-refractivity contribution < 1.29 is 13.9 Å². The molecule has 5 nitrogen and oxygen atoms in total. The number of hydrogen-bond donors (Lipinski definition) is 1. The van der Waals surface area contributed by atoms with E-state index in [9.17, 15) is 9.59 Å². The van der Waals surface area contributed by atoms with Gasteiger partial charge in [-0.25, -0.2) is 0 Å². The molecule has 1 aromatic heterocycles. The average molecular weight is 335 g/mol. The molecule has 4 rings (SSSR count). The zero-order chi connectivity index (χ0) is 17.7. The summed E-state index contributed by atoms with van der Waals surface area (Å²) in [5.41, 5.74) is 3.32. The highest BCUT2D eigenvalue weighted by atomic mass is 16.5. The van der Waals surface area contributed by atoms with Gasteiger partial charge in [0.15, 0.2) is 5.43 Å². The molecule has 1 atom stereocenters. The molecule has 1 amide bonds. The smallest absolute Gasteiger partial charge is 0.288 e. The number of hydrogen-bond acceptors (Lipinski definition) is 4. The molecule has 1 aliphatic heterocycles. The maximum absolute atomic E-state index is 13.1. The van der Waals surface area contributed by atoms with Crippen LogP contribution in [0.15, 0.2) is 45.6 Å². The minimum Gasteiger partial charge on any atom is -0.497 e. The van der Waals surface area contributed by atoms with Crippen LogP contribution in [-0.2, 0) is 0 Å². The fraction of sp³-hybridized carbons (Fsp3) is 0.200. The van der Waals surface area contributed by atoms with Gasteiger partial charge in [0.25, 0.3) is 5.91 Å². The zero-order valence-electron chi connectivity index (χ0n) is 14.2. The van der Waals surface area contributed by atoms with E-state index >= 15 is 0 Å². The van der Waals surface area contributed by atoms with Gasteiger partial charge in [0, 0.05) is 0 Å². The van der Waals surface area contributed by atoms with Crippen molar-refractivity contribution in [1.82, 2.24) is 5.32 Å². The molecule has 0 saturated carbocycles. The number of fused-ring (bicyclic) bond motifs is 2. The molecule has 126 valence electrons. The molecule has 0 bridgehead atoms. The molecule has 1 N–H and O–H groups in total. The third kappa shape index (κ3) is 2.23. The Kier molecular flexibility index (Phi) is 3.39. The predicted octanol–water partition coefficient (Wildman–Crippen LogP) is 3.25. The summed E-state index contributed by atoms with van der Waals surface area (Å²) in [4.78, 5) is 25.5. The van der Waals surface area contributed by atoms with Gasteiger partial charge in [0.1, 0.15) is 11.3 Å². The Labute approximate surface area is 144 Å². The molecule has 5 heteroatoms. The molecular formula is C20H17NO4. The van der Waals surface area contributed by atoms with E-state index in [2.05, 4.69) is 5.32 Å². The Hall–Kier alpha value is -3.08. The van der Waals surface area contributed by atoms with E-state index in [1.54, 1.807) is 13.2 Å². The second kappa shape index (κ2) is 5.48. The molecule has 3 aromatic rings. The first-order chi connectivity index (χ1) is 12.0. The van der Waals surface area contributed by atoms with Gasteiger partial charge in [0.05, 0.1) is 24.1 Å². The zero-order valence-corrected chi connectivity index (χ0v) is 14.2. The fourth-order valence-corrected chi connectivity index (χ4v) is 3.28. The van der Waals surface area contributed by atoms with Gasteiger partial charge in [0.2, 0.25) is 5.76 Å². The molecule has 0 saturated heterocycles. The minimum atomic E-state index is -0.542. The Bertz CT molecular complexity index is 1080. The average Bonchev–Trinajstić information content (AvgIpc) is 2.96. The molecule has 0 fully saturated rings. The molecule has 0 radical (unpaired) electrons. The van der Waals surface area contributed by atoms with E-state index in [0.717, 1.165) is 16.7 Å². The van der Waals surface area contributed by atoms with Crippen molar-refractivity contribution >= 4 is 16.9 Å². The lowest BCUT2D eigenvalue weighted by atomic mass is 9.98. The minimum absolute atomic E-state index is 0.0963. The van der Waals surface area contributed by atoms with Gasteiger partial charge in [-0.3, -0.25) is 9.59 Å². The highest BCUT2D eigenvalue weighted by Gasteiger charge is 2.36. The molecule has 1 unspecified atom stereocenters. The highest BCUT2D eigenvalue weighted by molar-refractivity contribution is 5.99. The quantitative estimate of drug-likeness (QED) is 0.780. The van der Waals surface area contributed by atoms with Crippen molar-refractivity contribution in [2.75, 3.05) is 7.11 Å². The summed E-state index contributed by atoms with van der Waals surface area (Å²) in [6.45, 7) is 3.83. The van der Waals surface area contributed by atoms with Gasteiger partial charge >= 0.3 is 0 Å². The van der Waals surface area contributed by atoms with E-state index in [-0.39, 0.29) is 17.1 Å². The second-order valence-electron chi connectivity index (χ2n) is 6.24. The summed E-state index contributed by atoms with van der Waals surface area (Å²) < 4.78 is 11.1. The van der Waals surface area contributed by atoms with E-state index in [1.165, 1.54) is 0 Å². The van der Waals surface area contributed by atoms with Crippen molar-refractivity contribution in [1.29, 1.82) is 0 Å². The van der Waals surface area contributed by atoms with Gasteiger partial charge in [-0.2, -0.15) is 0 Å². The van der Waals surface area contributed by atoms with Crippen LogP contribution in [0.25, 0.3) is 11.0 Å². The number of ether oxygens (including phenoxy) is 1. The topological polar surface area (TPSA) is 68.5 Å². The Morgan fingerprint density at radius 3 is 2.68 bits per heavy atom. The number of aryl methyl sites for hydroxylation is 2. The summed E-state index contributed by atoms with van der Waals surface area (Å²) in [6, 6.07) is 10.4. The molecule has 25 heavy (non-hydrogen) atoms. The number of amides is 1. The first-order valence-electron chi connectivity index (χ1n) is 8.03. The van der Waals surface area contributed by atoms with E-state index < -0.39 is 6.04 Å². The van der Waals surface area contributed by atoms with Crippen molar-refractivity contribution in [3.63, 3.8) is 0 Å². The third-order valence-electron chi connectivity index (χ3n) is 4.81. The molecular weight excluding hydrogens is 318 g/mol. The monoisotopic (exact) mass is 335 g/mol. The molecule has 0 spiro atoms. The Morgan fingerprint density at radius 1 is 1.12 bits per heavy atom. The Morgan fingerprint density at radius 2 is 1.92 bits per heavy atom. The maximum Gasteiger partial charge on any atom is 0.288 e. The van der Waals surface area contributed by atoms with Crippen molar-refractivity contribution in [2.24, 2.45) is 0 Å². The number of methoxy groups -OCH3 is 1. The summed E-state index contributed by atoms with van der Waals surface area (Å²) in [7, 11) is 1.58. The van der Waals surface area contributed by atoms with Crippen LogP contribution in [0.3, 0.4) is 0 Å². The van der Waals surface area contributed by atoms with Crippen LogP contribution in [0.5, 0.6) is 5.75 Å². The molecule has 2 aromatic carbocycles. The van der Waals surface area contributed by atoms with Crippen LogP contribution in [0.1, 0.15) is 38.9 Å². The summed E-state index contributed by atoms with van der Waals surface area (Å²) >= 11 is 0. The second-order valence-corrected chi connectivity index (χ2v) is 6.24. The van der Waals surface area contributed by atoms with Crippen LogP contribution < -0.4 is 15.5 Å². The standard InChI is InChI=1S/C20H17NO4/c1-10-7-8-14-17(22)15-16(12-5-4-6-13(9-12)24-3)21-20(23)19(15)25-18(14)11(10)2/h4-9,16H,1-3H3,(H,21,23). The molecule has 2 heterocycles. The lowest BCUT2D eigenvalue weighted by Crippen LogP contribution is -2.22. The normalized spacial score (nSPS) is 16.0. The van der Waals surface area contributed by atoms with Gasteiger partial charge in [-0.15, -0.1) is 0 Å². The summed E-state index contributed by atoms with van der Waals surface area (Å²) in [5.74, 6) is 0.388. The number of carbonyl (C=O) groups is 1. The van der Waals surface area contributed by atoms with Crippen LogP contribution in [0.4, 0.5) is 0 Å². The van der Waals surface area contributed by atoms with Gasteiger partial charge in [-0.1, -0.05) is 18.2 Å². The predicted molar refractivity (Wildman–Crippen MR) is 94.3 cm³/mol.